The summed E-state index contributed by atoms with van der Waals surface area (Å²) in [7, 11) is 0. The van der Waals surface area contributed by atoms with Crippen LogP contribution in [0.4, 0.5) is 0 Å². The molecule has 3 rings (SSSR count). The first-order valence-electron chi connectivity index (χ1n) is 7.37. The molecule has 0 spiro atoms. The number of hydrogen-bond donors (Lipinski definition) is 0. The molecule has 2 aromatic rings. The van der Waals surface area contributed by atoms with E-state index in [-0.39, 0.29) is 5.92 Å². The van der Waals surface area contributed by atoms with E-state index >= 15 is 0 Å². The average molecular weight is 357 g/mol. The van der Waals surface area contributed by atoms with Gasteiger partial charge in [0, 0.05) is 22.0 Å². The van der Waals surface area contributed by atoms with E-state index in [9.17, 15) is 4.79 Å². The molecular formula is C19H17BrO2. The lowest BCUT2D eigenvalue weighted by molar-refractivity contribution is -0.108. The van der Waals surface area contributed by atoms with Crippen LogP contribution in [0.15, 0.2) is 52.7 Å². The van der Waals surface area contributed by atoms with Crippen molar-refractivity contribution >= 4 is 27.8 Å². The van der Waals surface area contributed by atoms with Crippen LogP contribution < -0.4 is 4.74 Å². The predicted molar refractivity (Wildman–Crippen MR) is 92.0 cm³/mol. The van der Waals surface area contributed by atoms with Gasteiger partial charge in [0.2, 0.25) is 0 Å². The first-order valence-corrected chi connectivity index (χ1v) is 8.16. The fraction of sp³-hybridized carbons (Fsp3) is 0.211. The molecule has 0 aliphatic carbocycles. The summed E-state index contributed by atoms with van der Waals surface area (Å²) in [6.07, 6.45) is 1.77. The second kappa shape index (κ2) is 6.09. The Morgan fingerprint density at radius 3 is 2.68 bits per heavy atom. The Hall–Kier alpha value is -1.87. The molecule has 1 atom stereocenters. The van der Waals surface area contributed by atoms with Crippen molar-refractivity contribution in [3.8, 4) is 5.75 Å². The zero-order valence-electron chi connectivity index (χ0n) is 12.6. The standard InChI is InChI=1S/C19H17BrO2/c1-3-17-19(14-7-5-4-6-12(14)2)16(11-21)15-10-13(20)8-9-18(15)22-17/h4-11,16H,3H2,1-2H3. The van der Waals surface area contributed by atoms with Gasteiger partial charge in [0.15, 0.2) is 0 Å². The van der Waals surface area contributed by atoms with Crippen molar-refractivity contribution in [1.29, 1.82) is 0 Å². The van der Waals surface area contributed by atoms with Crippen molar-refractivity contribution in [2.75, 3.05) is 0 Å². The third-order valence-electron chi connectivity index (χ3n) is 4.04. The summed E-state index contributed by atoms with van der Waals surface area (Å²) in [5, 5.41) is 0. The molecule has 0 saturated heterocycles. The van der Waals surface area contributed by atoms with Crippen molar-refractivity contribution in [2.45, 2.75) is 26.2 Å². The molecule has 0 aromatic heterocycles. The number of benzene rings is 2. The molecule has 112 valence electrons. The Morgan fingerprint density at radius 1 is 1.23 bits per heavy atom. The van der Waals surface area contributed by atoms with Crippen LogP contribution >= 0.6 is 15.9 Å². The summed E-state index contributed by atoms with van der Waals surface area (Å²) >= 11 is 3.48. The molecule has 2 nitrogen and oxygen atoms in total. The van der Waals surface area contributed by atoms with Crippen LogP contribution in [0.5, 0.6) is 5.75 Å². The van der Waals surface area contributed by atoms with Crippen LogP contribution in [0, 0.1) is 6.92 Å². The molecule has 0 radical (unpaired) electrons. The minimum Gasteiger partial charge on any atom is -0.461 e. The first-order chi connectivity index (χ1) is 10.7. The Labute approximate surface area is 138 Å². The second-order valence-electron chi connectivity index (χ2n) is 5.40. The summed E-state index contributed by atoms with van der Waals surface area (Å²) in [5.41, 5.74) is 4.14. The van der Waals surface area contributed by atoms with Crippen LogP contribution in [0.3, 0.4) is 0 Å². The maximum Gasteiger partial charge on any atom is 0.132 e. The molecule has 0 saturated carbocycles. The van der Waals surface area contributed by atoms with Crippen LogP contribution in [0.1, 0.15) is 36.0 Å². The van der Waals surface area contributed by atoms with Crippen molar-refractivity contribution in [3.05, 3.63) is 69.4 Å². The molecule has 1 aliphatic rings. The van der Waals surface area contributed by atoms with Crippen molar-refractivity contribution in [3.63, 3.8) is 0 Å². The first kappa shape index (κ1) is 15.0. The molecule has 1 heterocycles. The van der Waals surface area contributed by atoms with Crippen molar-refractivity contribution in [1.82, 2.24) is 0 Å². The molecule has 0 N–H and O–H groups in total. The number of ether oxygens (including phenoxy) is 1. The molecule has 1 unspecified atom stereocenters. The van der Waals surface area contributed by atoms with Gasteiger partial charge in [-0.05, 0) is 36.2 Å². The molecule has 3 heteroatoms. The summed E-state index contributed by atoms with van der Waals surface area (Å²) in [6.45, 7) is 4.12. The normalized spacial score (nSPS) is 17.0. The Balaban J connectivity index is 2.24. The highest BCUT2D eigenvalue weighted by atomic mass is 79.9. The van der Waals surface area contributed by atoms with Crippen LogP contribution in [0.25, 0.3) is 5.57 Å². The maximum atomic E-state index is 11.9. The van der Waals surface area contributed by atoms with Crippen molar-refractivity contribution < 1.29 is 9.53 Å². The largest absolute Gasteiger partial charge is 0.461 e. The molecule has 1 aliphatic heterocycles. The lowest BCUT2D eigenvalue weighted by atomic mass is 9.83. The Bertz CT molecular complexity index is 762. The smallest absolute Gasteiger partial charge is 0.132 e. The number of carbonyl (C=O) groups is 1. The number of hydrogen-bond acceptors (Lipinski definition) is 2. The minimum absolute atomic E-state index is 0.294. The molecule has 0 amide bonds. The molecular weight excluding hydrogens is 340 g/mol. The SMILES string of the molecule is CCC1=C(c2ccccc2C)C(C=O)c2cc(Br)ccc2O1. The fourth-order valence-electron chi connectivity index (χ4n) is 2.97. The number of fused-ring (bicyclic) bond motifs is 1. The van der Waals surface area contributed by atoms with E-state index in [1.807, 2.05) is 30.3 Å². The van der Waals surface area contributed by atoms with Gasteiger partial charge < -0.3 is 9.53 Å². The lowest BCUT2D eigenvalue weighted by Crippen LogP contribution is -2.16. The topological polar surface area (TPSA) is 26.3 Å². The van der Waals surface area contributed by atoms with E-state index in [0.717, 1.165) is 51.0 Å². The number of aryl methyl sites for hydroxylation is 1. The lowest BCUT2D eigenvalue weighted by Gasteiger charge is -2.28. The predicted octanol–water partition coefficient (Wildman–Crippen LogP) is 5.25. The second-order valence-corrected chi connectivity index (χ2v) is 6.32. The van der Waals surface area contributed by atoms with Gasteiger partial charge >= 0.3 is 0 Å². The van der Waals surface area contributed by atoms with Gasteiger partial charge in [-0.25, -0.2) is 0 Å². The molecule has 22 heavy (non-hydrogen) atoms. The van der Waals surface area contributed by atoms with Crippen LogP contribution in [-0.4, -0.2) is 6.29 Å². The molecule has 2 aromatic carbocycles. The fourth-order valence-corrected chi connectivity index (χ4v) is 3.35. The zero-order chi connectivity index (χ0) is 15.7. The number of aldehydes is 1. The Morgan fingerprint density at radius 2 is 2.00 bits per heavy atom. The summed E-state index contributed by atoms with van der Waals surface area (Å²) in [5.74, 6) is 1.35. The Kier molecular flexibility index (Phi) is 4.16. The van der Waals surface area contributed by atoms with Gasteiger partial charge in [-0.1, -0.05) is 47.1 Å². The number of allylic oxidation sites excluding steroid dienone is 2. The highest BCUT2D eigenvalue weighted by Crippen LogP contribution is 2.45. The van der Waals surface area contributed by atoms with Gasteiger partial charge in [-0.3, -0.25) is 0 Å². The quantitative estimate of drug-likeness (QED) is 0.701. The molecule has 0 fully saturated rings. The average Bonchev–Trinajstić information content (AvgIpc) is 2.53. The minimum atomic E-state index is -0.294. The van der Waals surface area contributed by atoms with E-state index in [1.165, 1.54) is 0 Å². The summed E-state index contributed by atoms with van der Waals surface area (Å²) < 4.78 is 7.04. The van der Waals surface area contributed by atoms with Gasteiger partial charge in [-0.15, -0.1) is 0 Å². The van der Waals surface area contributed by atoms with Gasteiger partial charge in [0.1, 0.15) is 17.8 Å². The highest BCUT2D eigenvalue weighted by Gasteiger charge is 2.30. The third-order valence-corrected chi connectivity index (χ3v) is 4.54. The van der Waals surface area contributed by atoms with E-state index in [4.69, 9.17) is 4.74 Å². The number of halogens is 1. The monoisotopic (exact) mass is 356 g/mol. The third kappa shape index (κ3) is 2.50. The van der Waals surface area contributed by atoms with E-state index in [2.05, 4.69) is 41.9 Å². The highest BCUT2D eigenvalue weighted by molar-refractivity contribution is 9.10. The van der Waals surface area contributed by atoms with Gasteiger partial charge in [-0.2, -0.15) is 0 Å². The van der Waals surface area contributed by atoms with E-state index in [1.54, 1.807) is 0 Å². The number of rotatable bonds is 3. The van der Waals surface area contributed by atoms with Gasteiger partial charge in [0.05, 0.1) is 5.92 Å². The van der Waals surface area contributed by atoms with Gasteiger partial charge in [0.25, 0.3) is 0 Å². The summed E-state index contributed by atoms with van der Waals surface area (Å²) in [4.78, 5) is 11.9. The van der Waals surface area contributed by atoms with Crippen LogP contribution in [-0.2, 0) is 4.79 Å². The maximum absolute atomic E-state index is 11.9. The zero-order valence-corrected chi connectivity index (χ0v) is 14.2. The van der Waals surface area contributed by atoms with Crippen LogP contribution in [0.2, 0.25) is 0 Å². The number of carbonyl (C=O) groups excluding carboxylic acids is 1. The van der Waals surface area contributed by atoms with Crippen molar-refractivity contribution in [2.24, 2.45) is 0 Å². The van der Waals surface area contributed by atoms with E-state index < -0.39 is 0 Å². The summed E-state index contributed by atoms with van der Waals surface area (Å²) in [6, 6.07) is 14.0. The van der Waals surface area contributed by atoms with E-state index in [0.29, 0.717) is 0 Å². The molecule has 0 bridgehead atoms.